The molecule has 0 saturated heterocycles. The van der Waals surface area contributed by atoms with Gasteiger partial charge < -0.3 is 5.73 Å². The van der Waals surface area contributed by atoms with Crippen molar-refractivity contribution in [2.24, 2.45) is 5.73 Å². The molecule has 0 bridgehead atoms. The zero-order chi connectivity index (χ0) is 14.8. The molecule has 0 atom stereocenters. The van der Waals surface area contributed by atoms with Gasteiger partial charge in [-0.3, -0.25) is 4.31 Å². The van der Waals surface area contributed by atoms with E-state index in [1.54, 1.807) is 19.1 Å². The van der Waals surface area contributed by atoms with Crippen LogP contribution in [0.5, 0.6) is 0 Å². The Morgan fingerprint density at radius 1 is 1.20 bits per heavy atom. The van der Waals surface area contributed by atoms with E-state index in [9.17, 15) is 12.8 Å². The fraction of sp³-hybridized carbons (Fsp3) is 0.231. The van der Waals surface area contributed by atoms with E-state index in [1.807, 2.05) is 0 Å². The second-order valence-electron chi connectivity index (χ2n) is 4.07. The van der Waals surface area contributed by atoms with Gasteiger partial charge in [0.15, 0.2) is 0 Å². The van der Waals surface area contributed by atoms with Gasteiger partial charge in [-0.15, -0.1) is 11.3 Å². The second kappa shape index (κ2) is 5.90. The molecule has 2 rings (SSSR count). The molecule has 4 nitrogen and oxygen atoms in total. The second-order valence-corrected chi connectivity index (χ2v) is 7.33. The van der Waals surface area contributed by atoms with E-state index < -0.39 is 15.8 Å². The summed E-state index contributed by atoms with van der Waals surface area (Å²) in [5, 5.41) is 0. The number of nitrogens with zero attached hydrogens (tertiary/aromatic N) is 1. The first-order chi connectivity index (χ1) is 9.48. The minimum atomic E-state index is -3.63. The van der Waals surface area contributed by atoms with E-state index in [-0.39, 0.29) is 10.8 Å². The van der Waals surface area contributed by atoms with E-state index >= 15 is 0 Å². The van der Waals surface area contributed by atoms with Crippen molar-refractivity contribution in [3.8, 4) is 0 Å². The van der Waals surface area contributed by atoms with Gasteiger partial charge in [0.05, 0.1) is 5.69 Å². The van der Waals surface area contributed by atoms with Crippen LogP contribution in [0.1, 0.15) is 11.8 Å². The van der Waals surface area contributed by atoms with E-state index in [0.717, 1.165) is 16.2 Å². The molecule has 1 heterocycles. The maximum absolute atomic E-state index is 12.9. The van der Waals surface area contributed by atoms with Crippen molar-refractivity contribution in [3.05, 3.63) is 47.1 Å². The number of benzene rings is 1. The highest BCUT2D eigenvalue weighted by Gasteiger charge is 2.25. The summed E-state index contributed by atoms with van der Waals surface area (Å²) in [4.78, 5) is 0.804. The van der Waals surface area contributed by atoms with Gasteiger partial charge >= 0.3 is 0 Å². The Morgan fingerprint density at radius 2 is 1.85 bits per heavy atom. The van der Waals surface area contributed by atoms with Crippen molar-refractivity contribution in [1.29, 1.82) is 0 Å². The van der Waals surface area contributed by atoms with E-state index in [4.69, 9.17) is 5.73 Å². The van der Waals surface area contributed by atoms with Crippen LogP contribution in [0.4, 0.5) is 10.1 Å². The fourth-order valence-electron chi connectivity index (χ4n) is 1.81. The van der Waals surface area contributed by atoms with Crippen molar-refractivity contribution >= 4 is 27.0 Å². The topological polar surface area (TPSA) is 63.4 Å². The van der Waals surface area contributed by atoms with Crippen molar-refractivity contribution in [2.75, 3.05) is 10.8 Å². The Hall–Kier alpha value is -1.44. The molecule has 0 saturated carbocycles. The molecular weight excluding hydrogens is 299 g/mol. The van der Waals surface area contributed by atoms with Gasteiger partial charge in [0.2, 0.25) is 0 Å². The number of rotatable bonds is 5. The molecule has 0 radical (unpaired) electrons. The molecule has 0 amide bonds. The summed E-state index contributed by atoms with van der Waals surface area (Å²) in [5.41, 5.74) is 5.94. The number of halogens is 1. The number of hydrogen-bond donors (Lipinski definition) is 1. The summed E-state index contributed by atoms with van der Waals surface area (Å²) in [6.45, 7) is 2.31. The minimum absolute atomic E-state index is 0.240. The molecule has 2 aromatic rings. The van der Waals surface area contributed by atoms with Gasteiger partial charge in [-0.1, -0.05) is 0 Å². The van der Waals surface area contributed by atoms with Crippen molar-refractivity contribution in [1.82, 2.24) is 0 Å². The summed E-state index contributed by atoms with van der Waals surface area (Å²) in [7, 11) is -3.63. The Morgan fingerprint density at radius 3 is 2.35 bits per heavy atom. The molecule has 0 fully saturated rings. The highest BCUT2D eigenvalue weighted by atomic mass is 32.2. The van der Waals surface area contributed by atoms with Gasteiger partial charge in [-0.25, -0.2) is 12.8 Å². The van der Waals surface area contributed by atoms with Crippen LogP contribution in [-0.2, 0) is 16.6 Å². The quantitative estimate of drug-likeness (QED) is 0.922. The Labute approximate surface area is 121 Å². The van der Waals surface area contributed by atoms with Gasteiger partial charge in [-0.2, -0.15) is 0 Å². The number of nitrogens with two attached hydrogens (primary N) is 1. The highest BCUT2D eigenvalue weighted by Crippen LogP contribution is 2.28. The number of thiophene rings is 1. The minimum Gasteiger partial charge on any atom is -0.326 e. The van der Waals surface area contributed by atoms with Gasteiger partial charge in [0, 0.05) is 18.0 Å². The smallest absolute Gasteiger partial charge is 0.273 e. The normalized spacial score (nSPS) is 11.6. The molecule has 0 aliphatic heterocycles. The molecule has 1 aromatic carbocycles. The summed E-state index contributed by atoms with van der Waals surface area (Å²) in [5.74, 6) is -0.399. The Kier molecular flexibility index (Phi) is 4.42. The van der Waals surface area contributed by atoms with Crippen LogP contribution in [0.25, 0.3) is 0 Å². The first-order valence-corrected chi connectivity index (χ1v) is 8.31. The Balaban J connectivity index is 2.41. The van der Waals surface area contributed by atoms with Crippen molar-refractivity contribution in [2.45, 2.75) is 17.7 Å². The zero-order valence-electron chi connectivity index (χ0n) is 10.9. The van der Waals surface area contributed by atoms with Crippen LogP contribution in [-0.4, -0.2) is 15.0 Å². The largest absolute Gasteiger partial charge is 0.326 e. The average molecular weight is 314 g/mol. The van der Waals surface area contributed by atoms with Crippen LogP contribution in [0.15, 0.2) is 40.6 Å². The maximum Gasteiger partial charge on any atom is 0.273 e. The van der Waals surface area contributed by atoms with Gasteiger partial charge in [0.1, 0.15) is 10.0 Å². The molecule has 0 aliphatic carbocycles. The summed E-state index contributed by atoms with van der Waals surface area (Å²) in [6.07, 6.45) is 0. The number of hydrogen-bond acceptors (Lipinski definition) is 4. The van der Waals surface area contributed by atoms with Crippen LogP contribution >= 0.6 is 11.3 Å². The van der Waals surface area contributed by atoms with E-state index in [1.165, 1.54) is 28.6 Å². The average Bonchev–Trinajstić information content (AvgIpc) is 2.91. The van der Waals surface area contributed by atoms with Crippen LogP contribution in [0.2, 0.25) is 0 Å². The lowest BCUT2D eigenvalue weighted by Gasteiger charge is -2.21. The number of anilines is 1. The molecule has 108 valence electrons. The zero-order valence-corrected chi connectivity index (χ0v) is 12.5. The molecule has 0 aliphatic rings. The lowest BCUT2D eigenvalue weighted by atomic mass is 10.3. The SMILES string of the molecule is CCN(c1ccc(F)cc1)S(=O)(=O)c1ccc(CN)s1. The number of sulfonamides is 1. The van der Waals surface area contributed by atoms with Crippen LogP contribution < -0.4 is 10.0 Å². The fourth-order valence-corrected chi connectivity index (χ4v) is 4.64. The maximum atomic E-state index is 12.9. The predicted molar refractivity (Wildman–Crippen MR) is 78.8 cm³/mol. The van der Waals surface area contributed by atoms with Gasteiger partial charge in [0.25, 0.3) is 10.0 Å². The molecule has 0 spiro atoms. The predicted octanol–water partition coefficient (Wildman–Crippen LogP) is 2.56. The standard InChI is InChI=1S/C13H15FN2O2S2/c1-2-16(11-5-3-10(14)4-6-11)20(17,18)13-8-7-12(9-15)19-13/h3-8H,2,9,15H2,1H3. The van der Waals surface area contributed by atoms with E-state index in [0.29, 0.717) is 12.2 Å². The Bertz CT molecular complexity index is 681. The summed E-state index contributed by atoms with van der Waals surface area (Å²) in [6, 6.07) is 8.65. The molecule has 20 heavy (non-hydrogen) atoms. The third-order valence-electron chi connectivity index (χ3n) is 2.78. The molecule has 7 heteroatoms. The first kappa shape index (κ1) is 15.0. The highest BCUT2D eigenvalue weighted by molar-refractivity contribution is 7.94. The summed E-state index contributed by atoms with van der Waals surface area (Å²) >= 11 is 1.15. The third-order valence-corrected chi connectivity index (χ3v) is 6.26. The molecule has 1 aromatic heterocycles. The monoisotopic (exact) mass is 314 g/mol. The lowest BCUT2D eigenvalue weighted by molar-refractivity contribution is 0.593. The van der Waals surface area contributed by atoms with Gasteiger partial charge in [-0.05, 0) is 43.3 Å². The van der Waals surface area contributed by atoms with Crippen molar-refractivity contribution < 1.29 is 12.8 Å². The van der Waals surface area contributed by atoms with Crippen LogP contribution in [0.3, 0.4) is 0 Å². The lowest BCUT2D eigenvalue weighted by Crippen LogP contribution is -2.30. The summed E-state index contributed by atoms with van der Waals surface area (Å²) < 4.78 is 39.6. The third kappa shape index (κ3) is 2.84. The first-order valence-electron chi connectivity index (χ1n) is 6.06. The molecule has 2 N–H and O–H groups in total. The molecule has 0 unspecified atom stereocenters. The van der Waals surface area contributed by atoms with Crippen molar-refractivity contribution in [3.63, 3.8) is 0 Å². The van der Waals surface area contributed by atoms with E-state index in [2.05, 4.69) is 0 Å². The molecular formula is C13H15FN2O2S2. The van der Waals surface area contributed by atoms with Crippen LogP contribution in [0, 0.1) is 5.82 Å².